The number of amides is 1. The molecule has 0 aliphatic carbocycles. The number of benzene rings is 1. The molecule has 68 valence electrons. The van der Waals surface area contributed by atoms with E-state index >= 15 is 0 Å². The lowest BCUT2D eigenvalue weighted by Gasteiger charge is -2.23. The van der Waals surface area contributed by atoms with Crippen molar-refractivity contribution in [3.8, 4) is 0 Å². The van der Waals surface area contributed by atoms with Gasteiger partial charge in [-0.1, -0.05) is 30.2 Å². The molecule has 0 spiro atoms. The van der Waals surface area contributed by atoms with Crippen molar-refractivity contribution in [1.29, 1.82) is 0 Å². The van der Waals surface area contributed by atoms with Crippen LogP contribution < -0.4 is 5.32 Å². The number of hydrogen-bond acceptors (Lipinski definition) is 2. The standard InChI is InChI=1S/C10H11NO2/c12-10-7-13-9(6-11-10)8-4-2-1-3-5-8/h1-5,9H,6-7H2,(H,11,12)/i1D,2D,3D,4D,5D. The molecule has 2 rings (SSSR count). The van der Waals surface area contributed by atoms with Crippen LogP contribution >= 0.6 is 0 Å². The fourth-order valence-corrected chi connectivity index (χ4v) is 1.10. The predicted octanol–water partition coefficient (Wildman–Crippen LogP) is 0.874. The number of morpholine rings is 1. The third-order valence-corrected chi connectivity index (χ3v) is 1.74. The predicted molar refractivity (Wildman–Crippen MR) is 48.1 cm³/mol. The molecule has 1 aliphatic heterocycles. The van der Waals surface area contributed by atoms with Crippen LogP contribution in [0.2, 0.25) is 0 Å². The van der Waals surface area contributed by atoms with Gasteiger partial charge in [-0.05, 0) is 5.56 Å². The first-order valence-corrected chi connectivity index (χ1v) is 3.88. The molecule has 1 saturated heterocycles. The van der Waals surface area contributed by atoms with Gasteiger partial charge in [0.05, 0.1) is 6.85 Å². The van der Waals surface area contributed by atoms with Crippen LogP contribution in [0.15, 0.2) is 30.2 Å². The first-order valence-electron chi connectivity index (χ1n) is 6.38. The van der Waals surface area contributed by atoms with Crippen molar-refractivity contribution in [3.05, 3.63) is 35.8 Å². The summed E-state index contributed by atoms with van der Waals surface area (Å²) in [5, 5.41) is 2.54. The Morgan fingerprint density at radius 1 is 1.46 bits per heavy atom. The van der Waals surface area contributed by atoms with Gasteiger partial charge < -0.3 is 10.1 Å². The summed E-state index contributed by atoms with van der Waals surface area (Å²) in [7, 11) is 0. The smallest absolute Gasteiger partial charge is 0.246 e. The summed E-state index contributed by atoms with van der Waals surface area (Å²) in [6.07, 6.45) is -0.712. The topological polar surface area (TPSA) is 38.3 Å². The summed E-state index contributed by atoms with van der Waals surface area (Å²) in [5.74, 6) is -0.279. The van der Waals surface area contributed by atoms with Crippen molar-refractivity contribution >= 4 is 5.91 Å². The first kappa shape index (κ1) is 4.24. The normalized spacial score (nSPS) is 27.8. The van der Waals surface area contributed by atoms with Crippen molar-refractivity contribution < 1.29 is 16.4 Å². The number of rotatable bonds is 1. The summed E-state index contributed by atoms with van der Waals surface area (Å²) in [6.45, 7) is -0.0698. The van der Waals surface area contributed by atoms with Gasteiger partial charge in [0.2, 0.25) is 5.91 Å². The summed E-state index contributed by atoms with van der Waals surface area (Å²) in [4.78, 5) is 11.0. The zero-order chi connectivity index (χ0) is 13.4. The number of ether oxygens (including phenoxy) is 1. The molecule has 1 atom stereocenters. The van der Waals surface area contributed by atoms with Crippen LogP contribution in [0.4, 0.5) is 0 Å². The Bertz CT molecular complexity index is 480. The van der Waals surface area contributed by atoms with Gasteiger partial charge in [0.15, 0.2) is 0 Å². The maximum Gasteiger partial charge on any atom is 0.246 e. The van der Waals surface area contributed by atoms with Crippen LogP contribution in [-0.2, 0) is 9.53 Å². The van der Waals surface area contributed by atoms with Crippen LogP contribution in [-0.4, -0.2) is 19.1 Å². The van der Waals surface area contributed by atoms with Crippen molar-refractivity contribution in [2.45, 2.75) is 6.10 Å². The van der Waals surface area contributed by atoms with E-state index in [1.54, 1.807) is 0 Å². The van der Waals surface area contributed by atoms with Crippen LogP contribution in [0.3, 0.4) is 0 Å². The third-order valence-electron chi connectivity index (χ3n) is 1.74. The molecule has 1 amide bonds. The van der Waals surface area contributed by atoms with Crippen molar-refractivity contribution in [3.63, 3.8) is 0 Å². The average molecular weight is 182 g/mol. The van der Waals surface area contributed by atoms with Crippen LogP contribution in [0, 0.1) is 0 Å². The lowest BCUT2D eigenvalue weighted by Crippen LogP contribution is -2.38. The highest BCUT2D eigenvalue weighted by Gasteiger charge is 2.19. The van der Waals surface area contributed by atoms with E-state index in [0.717, 1.165) is 0 Å². The maximum absolute atomic E-state index is 11.0. The van der Waals surface area contributed by atoms with Gasteiger partial charge in [0, 0.05) is 6.54 Å². The molecule has 3 heteroatoms. The molecule has 1 aromatic rings. The lowest BCUT2D eigenvalue weighted by molar-refractivity contribution is -0.133. The van der Waals surface area contributed by atoms with Crippen molar-refractivity contribution in [2.24, 2.45) is 0 Å². The van der Waals surface area contributed by atoms with Crippen LogP contribution in [0.1, 0.15) is 18.5 Å². The summed E-state index contributed by atoms with van der Waals surface area (Å²) < 4.78 is 43.3. The average Bonchev–Trinajstić information content (AvgIpc) is 2.36. The SMILES string of the molecule is [2H]c1c([2H])c([2H])c(C2CNC(=O)CO2)c([2H])c1[2H]. The molecule has 1 fully saturated rings. The molecular weight excluding hydrogens is 166 g/mol. The quantitative estimate of drug-likeness (QED) is 0.700. The van der Waals surface area contributed by atoms with E-state index in [1.165, 1.54) is 0 Å². The van der Waals surface area contributed by atoms with Crippen molar-refractivity contribution in [1.82, 2.24) is 5.32 Å². The van der Waals surface area contributed by atoms with Gasteiger partial charge in [0.1, 0.15) is 12.7 Å². The van der Waals surface area contributed by atoms with E-state index in [2.05, 4.69) is 5.32 Å². The van der Waals surface area contributed by atoms with Gasteiger partial charge in [-0.2, -0.15) is 0 Å². The fraction of sp³-hybridized carbons (Fsp3) is 0.300. The molecule has 1 heterocycles. The highest BCUT2D eigenvalue weighted by Crippen LogP contribution is 2.17. The largest absolute Gasteiger partial charge is 0.362 e. The Kier molecular flexibility index (Phi) is 1.17. The molecular formula is C10H11NO2. The minimum absolute atomic E-state index is 0.0843. The molecule has 0 aromatic heterocycles. The lowest BCUT2D eigenvalue weighted by atomic mass is 10.1. The van der Waals surface area contributed by atoms with Gasteiger partial charge in [0.25, 0.3) is 0 Å². The zero-order valence-corrected chi connectivity index (χ0v) is 6.81. The Morgan fingerprint density at radius 3 is 2.85 bits per heavy atom. The maximum atomic E-state index is 11.0. The molecule has 3 nitrogen and oxygen atoms in total. The second kappa shape index (κ2) is 3.58. The molecule has 13 heavy (non-hydrogen) atoms. The summed E-state index contributed by atoms with van der Waals surface area (Å²) in [5.41, 5.74) is 0.0843. The van der Waals surface area contributed by atoms with E-state index in [0.29, 0.717) is 0 Å². The highest BCUT2D eigenvalue weighted by atomic mass is 16.5. The zero-order valence-electron chi connectivity index (χ0n) is 11.8. The minimum Gasteiger partial charge on any atom is -0.362 e. The molecule has 0 radical (unpaired) electrons. The number of hydrogen-bond donors (Lipinski definition) is 1. The summed E-state index contributed by atoms with van der Waals surface area (Å²) >= 11 is 0. The first-order chi connectivity index (χ1) is 8.43. The molecule has 1 aliphatic rings. The van der Waals surface area contributed by atoms with Crippen LogP contribution in [0.25, 0.3) is 0 Å². The van der Waals surface area contributed by atoms with E-state index in [-0.39, 0.29) is 36.7 Å². The van der Waals surface area contributed by atoms with Crippen LogP contribution in [0.5, 0.6) is 0 Å². The van der Waals surface area contributed by atoms with Gasteiger partial charge >= 0.3 is 0 Å². The monoisotopic (exact) mass is 182 g/mol. The summed E-state index contributed by atoms with van der Waals surface area (Å²) in [6, 6.07) is -1.81. The Hall–Kier alpha value is -1.35. The van der Waals surface area contributed by atoms with Gasteiger partial charge in [-0.25, -0.2) is 0 Å². The molecule has 0 bridgehead atoms. The second-order valence-electron chi connectivity index (χ2n) is 2.64. The Balaban J connectivity index is 2.48. The highest BCUT2D eigenvalue weighted by molar-refractivity contribution is 5.77. The minimum atomic E-state index is -0.712. The third kappa shape index (κ3) is 1.87. The Labute approximate surface area is 83.7 Å². The van der Waals surface area contributed by atoms with Gasteiger partial charge in [-0.3, -0.25) is 4.79 Å². The van der Waals surface area contributed by atoms with E-state index < -0.39 is 24.2 Å². The fourth-order valence-electron chi connectivity index (χ4n) is 1.10. The molecule has 1 aromatic carbocycles. The number of nitrogens with one attached hydrogen (secondary N) is 1. The van der Waals surface area contributed by atoms with Crippen molar-refractivity contribution in [2.75, 3.05) is 13.2 Å². The van der Waals surface area contributed by atoms with E-state index in [9.17, 15) is 4.79 Å². The van der Waals surface area contributed by atoms with E-state index in [1.807, 2.05) is 0 Å². The number of carbonyl (C=O) groups excluding carboxylic acids is 1. The number of carbonyl (C=O) groups is 1. The molecule has 1 unspecified atom stereocenters. The van der Waals surface area contributed by atoms with Gasteiger partial charge in [-0.15, -0.1) is 0 Å². The van der Waals surface area contributed by atoms with E-state index in [4.69, 9.17) is 11.6 Å². The Morgan fingerprint density at radius 2 is 2.23 bits per heavy atom. The second-order valence-corrected chi connectivity index (χ2v) is 2.64. The molecule has 0 saturated carbocycles. The molecule has 1 N–H and O–H groups in total.